The zero-order chi connectivity index (χ0) is 15.4. The Morgan fingerprint density at radius 3 is 2.65 bits per heavy atom. The molecule has 0 radical (unpaired) electrons. The maximum Gasteiger partial charge on any atom is 0.270 e. The normalized spacial score (nSPS) is 11.0. The van der Waals surface area contributed by atoms with Crippen LogP contribution in [-0.2, 0) is 7.05 Å². The number of nitro groups is 1. The Hall–Kier alpha value is -2.18. The lowest BCUT2D eigenvalue weighted by molar-refractivity contribution is -0.616. The van der Waals surface area contributed by atoms with Gasteiger partial charge in [-0.2, -0.15) is 4.57 Å². The van der Waals surface area contributed by atoms with Crippen molar-refractivity contribution in [3.63, 3.8) is 0 Å². The standard InChI is InChI=1S/C16H10BrN3O2.ClH/c1-19-15-5-2-10(17)6-9(15)7-14-16(19)12-8-11(20(21)22)3-4-13(12)18-14;/h2-8H,1H3;1H. The topological polar surface area (TPSA) is 62.8 Å². The van der Waals surface area contributed by atoms with Gasteiger partial charge in [0.05, 0.1) is 15.8 Å². The smallest absolute Gasteiger partial charge is 0.270 e. The molecule has 0 atom stereocenters. The third kappa shape index (κ3) is 2.34. The highest BCUT2D eigenvalue weighted by Crippen LogP contribution is 2.29. The Kier molecular flexibility index (Phi) is 3.74. The molecule has 0 unspecified atom stereocenters. The quantitative estimate of drug-likeness (QED) is 0.298. The van der Waals surface area contributed by atoms with Gasteiger partial charge in [-0.1, -0.05) is 15.9 Å². The van der Waals surface area contributed by atoms with Crippen molar-refractivity contribution in [2.24, 2.45) is 7.05 Å². The zero-order valence-corrected chi connectivity index (χ0v) is 14.4. The molecule has 0 saturated heterocycles. The summed E-state index contributed by atoms with van der Waals surface area (Å²) in [4.78, 5) is 14.0. The van der Waals surface area contributed by atoms with Gasteiger partial charge in [-0.05, 0) is 24.3 Å². The van der Waals surface area contributed by atoms with Crippen molar-refractivity contribution in [3.05, 3.63) is 57.1 Å². The lowest BCUT2D eigenvalue weighted by atomic mass is 10.1. The van der Waals surface area contributed by atoms with Crippen LogP contribution in [-0.4, -0.2) is 9.91 Å². The molecule has 0 aliphatic rings. The zero-order valence-electron chi connectivity index (χ0n) is 12.0. The molecule has 2 heterocycles. The predicted octanol–water partition coefficient (Wildman–Crippen LogP) is 0.973. The minimum Gasteiger partial charge on any atom is -1.00 e. The van der Waals surface area contributed by atoms with Gasteiger partial charge in [0.15, 0.2) is 0 Å². The highest BCUT2D eigenvalue weighted by atomic mass is 79.9. The number of rotatable bonds is 1. The molecule has 0 spiro atoms. The second kappa shape index (κ2) is 5.47. The third-order valence-electron chi connectivity index (χ3n) is 3.98. The van der Waals surface area contributed by atoms with Crippen LogP contribution in [0.1, 0.15) is 0 Å². The Morgan fingerprint density at radius 1 is 1.13 bits per heavy atom. The van der Waals surface area contributed by atoms with Gasteiger partial charge < -0.3 is 17.4 Å². The maximum absolute atomic E-state index is 11.0. The van der Waals surface area contributed by atoms with Gasteiger partial charge in [-0.25, -0.2) is 0 Å². The van der Waals surface area contributed by atoms with Gasteiger partial charge in [0, 0.05) is 28.1 Å². The monoisotopic (exact) mass is 391 g/mol. The minimum atomic E-state index is -0.365. The van der Waals surface area contributed by atoms with Crippen molar-refractivity contribution in [1.82, 2.24) is 4.98 Å². The fourth-order valence-electron chi connectivity index (χ4n) is 2.99. The van der Waals surface area contributed by atoms with Gasteiger partial charge in [0.25, 0.3) is 5.69 Å². The molecule has 5 nitrogen and oxygen atoms in total. The summed E-state index contributed by atoms with van der Waals surface area (Å²) in [6.07, 6.45) is 0. The van der Waals surface area contributed by atoms with E-state index in [0.717, 1.165) is 37.3 Å². The van der Waals surface area contributed by atoms with Crippen LogP contribution in [0.4, 0.5) is 5.69 Å². The van der Waals surface area contributed by atoms with Crippen LogP contribution in [0.15, 0.2) is 46.9 Å². The Balaban J connectivity index is 0.00000156. The number of nitrogens with one attached hydrogen (secondary N) is 1. The fourth-order valence-corrected chi connectivity index (χ4v) is 3.37. The molecular weight excluding hydrogens is 382 g/mol. The Morgan fingerprint density at radius 2 is 1.91 bits per heavy atom. The average molecular weight is 393 g/mol. The molecule has 0 aliphatic heterocycles. The molecular formula is C16H11BrClN3O2. The van der Waals surface area contributed by atoms with Gasteiger partial charge in [-0.15, -0.1) is 0 Å². The summed E-state index contributed by atoms with van der Waals surface area (Å²) in [5.41, 5.74) is 4.00. The summed E-state index contributed by atoms with van der Waals surface area (Å²) in [5, 5.41) is 13.0. The summed E-state index contributed by atoms with van der Waals surface area (Å²) in [6, 6.07) is 13.1. The van der Waals surface area contributed by atoms with E-state index in [1.807, 2.05) is 19.2 Å². The van der Waals surface area contributed by atoms with Gasteiger partial charge >= 0.3 is 0 Å². The van der Waals surface area contributed by atoms with E-state index in [1.54, 1.807) is 12.1 Å². The lowest BCUT2D eigenvalue weighted by Gasteiger charge is -1.99. The van der Waals surface area contributed by atoms with Crippen molar-refractivity contribution in [1.29, 1.82) is 0 Å². The molecule has 0 amide bonds. The van der Waals surface area contributed by atoms with E-state index in [4.69, 9.17) is 0 Å². The van der Waals surface area contributed by atoms with Crippen LogP contribution in [0.2, 0.25) is 0 Å². The molecule has 0 saturated carbocycles. The number of aryl methyl sites for hydroxylation is 1. The third-order valence-corrected chi connectivity index (χ3v) is 4.47. The average Bonchev–Trinajstić information content (AvgIpc) is 2.84. The van der Waals surface area contributed by atoms with Crippen LogP contribution in [0.25, 0.3) is 32.8 Å². The summed E-state index contributed by atoms with van der Waals surface area (Å²) in [5.74, 6) is 0. The van der Waals surface area contributed by atoms with E-state index in [0.29, 0.717) is 0 Å². The lowest BCUT2D eigenvalue weighted by Crippen LogP contribution is -3.00. The molecule has 1 N–H and O–H groups in total. The first kappa shape index (κ1) is 15.7. The van der Waals surface area contributed by atoms with E-state index >= 15 is 0 Å². The van der Waals surface area contributed by atoms with Crippen LogP contribution in [0.5, 0.6) is 0 Å². The number of aromatic amines is 1. The van der Waals surface area contributed by atoms with Crippen molar-refractivity contribution >= 4 is 54.5 Å². The number of nitro benzene ring substituents is 1. The van der Waals surface area contributed by atoms with E-state index in [1.165, 1.54) is 6.07 Å². The number of H-pyrrole nitrogens is 1. The first-order valence-electron chi connectivity index (χ1n) is 6.73. The molecule has 0 bridgehead atoms. The van der Waals surface area contributed by atoms with Gasteiger partial charge in [0.1, 0.15) is 12.6 Å². The Labute approximate surface area is 145 Å². The van der Waals surface area contributed by atoms with Crippen molar-refractivity contribution < 1.29 is 21.9 Å². The van der Waals surface area contributed by atoms with E-state index in [-0.39, 0.29) is 23.0 Å². The molecule has 116 valence electrons. The summed E-state index contributed by atoms with van der Waals surface area (Å²) in [7, 11) is 1.98. The molecule has 23 heavy (non-hydrogen) atoms. The first-order chi connectivity index (χ1) is 10.5. The summed E-state index contributed by atoms with van der Waals surface area (Å²) in [6.45, 7) is 0. The molecule has 2 aromatic carbocycles. The van der Waals surface area contributed by atoms with E-state index in [2.05, 4.69) is 37.6 Å². The second-order valence-corrected chi connectivity index (χ2v) is 6.20. The van der Waals surface area contributed by atoms with Crippen molar-refractivity contribution in [3.8, 4) is 0 Å². The van der Waals surface area contributed by atoms with Crippen LogP contribution < -0.4 is 17.0 Å². The number of nitrogens with zero attached hydrogens (tertiary/aromatic N) is 2. The highest BCUT2D eigenvalue weighted by Gasteiger charge is 2.19. The Bertz CT molecular complexity index is 1090. The number of fused-ring (bicyclic) bond motifs is 4. The summed E-state index contributed by atoms with van der Waals surface area (Å²) >= 11 is 3.49. The van der Waals surface area contributed by atoms with E-state index < -0.39 is 0 Å². The van der Waals surface area contributed by atoms with Gasteiger partial charge in [0.2, 0.25) is 11.0 Å². The van der Waals surface area contributed by atoms with Crippen LogP contribution in [0, 0.1) is 10.1 Å². The molecule has 7 heteroatoms. The number of non-ortho nitro benzene ring substituents is 1. The molecule has 2 aromatic heterocycles. The second-order valence-electron chi connectivity index (χ2n) is 5.28. The number of benzene rings is 2. The number of hydrogen-bond donors (Lipinski definition) is 1. The van der Waals surface area contributed by atoms with Crippen molar-refractivity contribution in [2.45, 2.75) is 0 Å². The highest BCUT2D eigenvalue weighted by molar-refractivity contribution is 9.10. The van der Waals surface area contributed by atoms with E-state index in [9.17, 15) is 10.1 Å². The molecule has 0 aliphatic carbocycles. The van der Waals surface area contributed by atoms with Crippen LogP contribution >= 0.6 is 15.9 Å². The van der Waals surface area contributed by atoms with Crippen LogP contribution in [0.3, 0.4) is 0 Å². The number of pyridine rings is 1. The number of hydrogen-bond acceptors (Lipinski definition) is 2. The number of halogens is 2. The summed E-state index contributed by atoms with van der Waals surface area (Å²) < 4.78 is 3.09. The largest absolute Gasteiger partial charge is 1.00 e. The number of aromatic nitrogens is 2. The molecule has 4 rings (SSSR count). The van der Waals surface area contributed by atoms with Crippen molar-refractivity contribution in [2.75, 3.05) is 0 Å². The molecule has 4 aromatic rings. The van der Waals surface area contributed by atoms with Gasteiger partial charge in [-0.3, -0.25) is 10.1 Å². The SMILES string of the molecule is C[n+]1c2ccc(Br)cc2cc2[nH]c3ccc([N+](=O)[O-])cc3c21.[Cl-]. The minimum absolute atomic E-state index is 0. The fraction of sp³-hybridized carbons (Fsp3) is 0.0625. The predicted molar refractivity (Wildman–Crippen MR) is 88.8 cm³/mol. The maximum atomic E-state index is 11.0. The first-order valence-corrected chi connectivity index (χ1v) is 7.52. The molecule has 0 fully saturated rings.